The van der Waals surface area contributed by atoms with Crippen LogP contribution in [0.25, 0.3) is 10.9 Å². The van der Waals surface area contributed by atoms with Crippen LogP contribution in [0, 0.1) is 0 Å². The van der Waals surface area contributed by atoms with Crippen LogP contribution in [-0.4, -0.2) is 28.6 Å². The quantitative estimate of drug-likeness (QED) is 0.590. The third kappa shape index (κ3) is 4.29. The fraction of sp³-hybridized carbons (Fsp3) is 0.150. The second kappa shape index (κ2) is 7.78. The predicted octanol–water partition coefficient (Wildman–Crippen LogP) is 4.87. The smallest absolute Gasteiger partial charge is 0.416 e. The van der Waals surface area contributed by atoms with Crippen molar-refractivity contribution >= 4 is 34.2 Å². The first kappa shape index (κ1) is 20.1. The summed E-state index contributed by atoms with van der Waals surface area (Å²) in [5.74, 6) is -1.85. The lowest BCUT2D eigenvalue weighted by Gasteiger charge is -2.15. The number of nitrogens with one attached hydrogen (secondary N) is 1. The van der Waals surface area contributed by atoms with Crippen LogP contribution in [0.1, 0.15) is 33.2 Å². The topological polar surface area (TPSA) is 88.5 Å². The molecule has 2 aromatic carbocycles. The van der Waals surface area contributed by atoms with E-state index < -0.39 is 23.7 Å². The molecule has 2 N–H and O–H groups in total. The number of esters is 1. The second-order valence-corrected chi connectivity index (χ2v) is 6.01. The van der Waals surface area contributed by atoms with Crippen LogP contribution in [0.15, 0.2) is 48.7 Å². The molecule has 0 bridgehead atoms. The minimum absolute atomic E-state index is 0.00500. The van der Waals surface area contributed by atoms with Gasteiger partial charge in [0.2, 0.25) is 0 Å². The number of carboxylic acids is 1. The third-order valence-corrected chi connectivity index (χ3v) is 4.07. The Morgan fingerprint density at radius 2 is 1.93 bits per heavy atom. The lowest BCUT2D eigenvalue weighted by Crippen LogP contribution is -2.10. The summed E-state index contributed by atoms with van der Waals surface area (Å²) in [6.07, 6.45) is -3.41. The Morgan fingerprint density at radius 3 is 2.59 bits per heavy atom. The Kier molecular flexibility index (Phi) is 5.40. The summed E-state index contributed by atoms with van der Waals surface area (Å²) in [6.45, 7) is 1.71. The van der Waals surface area contributed by atoms with Gasteiger partial charge in [0.05, 0.1) is 28.9 Å². The number of hydrogen-bond donors (Lipinski definition) is 2. The second-order valence-electron chi connectivity index (χ2n) is 6.01. The number of hydrogen-bond acceptors (Lipinski definition) is 5. The van der Waals surface area contributed by atoms with Crippen LogP contribution in [0.4, 0.5) is 24.5 Å². The number of rotatable bonds is 5. The van der Waals surface area contributed by atoms with Gasteiger partial charge in [0.15, 0.2) is 0 Å². The number of ether oxygens (including phenoxy) is 1. The molecule has 9 heteroatoms. The van der Waals surface area contributed by atoms with Gasteiger partial charge in [-0.2, -0.15) is 13.2 Å². The number of nitrogens with zero attached hydrogens (tertiary/aromatic N) is 1. The molecule has 150 valence electrons. The van der Waals surface area contributed by atoms with E-state index in [2.05, 4.69) is 10.3 Å². The maximum absolute atomic E-state index is 13.0. The average Bonchev–Trinajstić information content (AvgIpc) is 2.67. The Bertz CT molecular complexity index is 1100. The molecule has 0 saturated heterocycles. The van der Waals surface area contributed by atoms with Crippen molar-refractivity contribution in [3.63, 3.8) is 0 Å². The zero-order chi connectivity index (χ0) is 21.2. The van der Waals surface area contributed by atoms with Crippen LogP contribution in [0.3, 0.4) is 0 Å². The Labute approximate surface area is 162 Å². The van der Waals surface area contributed by atoms with Crippen LogP contribution in [0.2, 0.25) is 0 Å². The van der Waals surface area contributed by atoms with E-state index in [-0.39, 0.29) is 34.3 Å². The molecule has 3 rings (SSSR count). The van der Waals surface area contributed by atoms with Crippen molar-refractivity contribution in [3.8, 4) is 0 Å². The number of carbonyl (C=O) groups excluding carboxylic acids is 1. The largest absolute Gasteiger partial charge is 0.478 e. The highest BCUT2D eigenvalue weighted by Crippen LogP contribution is 2.35. The number of benzene rings is 2. The van der Waals surface area contributed by atoms with Crippen molar-refractivity contribution in [2.75, 3.05) is 11.9 Å². The maximum atomic E-state index is 13.0. The SMILES string of the molecule is CCOC(=O)c1cnc2cc(C(F)(F)F)ccc2c1Nc1cccc(C(=O)O)c1. The van der Waals surface area contributed by atoms with E-state index in [1.807, 2.05) is 0 Å². The summed E-state index contributed by atoms with van der Waals surface area (Å²) in [5, 5.41) is 12.3. The van der Waals surface area contributed by atoms with Gasteiger partial charge in [0.25, 0.3) is 0 Å². The average molecular weight is 404 g/mol. The molecule has 0 radical (unpaired) electrons. The summed E-state index contributed by atoms with van der Waals surface area (Å²) in [5.41, 5.74) is -0.331. The number of aromatic nitrogens is 1. The van der Waals surface area contributed by atoms with E-state index in [0.29, 0.717) is 5.69 Å². The van der Waals surface area contributed by atoms with Crippen LogP contribution in [-0.2, 0) is 10.9 Å². The maximum Gasteiger partial charge on any atom is 0.416 e. The van der Waals surface area contributed by atoms with E-state index >= 15 is 0 Å². The molecule has 6 nitrogen and oxygen atoms in total. The van der Waals surface area contributed by atoms with Gasteiger partial charge in [-0.25, -0.2) is 9.59 Å². The van der Waals surface area contributed by atoms with Gasteiger partial charge >= 0.3 is 18.1 Å². The number of carbonyl (C=O) groups is 2. The van der Waals surface area contributed by atoms with E-state index in [1.165, 1.54) is 24.3 Å². The molecule has 0 aliphatic rings. The summed E-state index contributed by atoms with van der Waals surface area (Å²) >= 11 is 0. The van der Waals surface area contributed by atoms with Crippen molar-refractivity contribution in [2.24, 2.45) is 0 Å². The summed E-state index contributed by atoms with van der Waals surface area (Å²) in [4.78, 5) is 27.5. The van der Waals surface area contributed by atoms with Crippen LogP contribution in [0.5, 0.6) is 0 Å². The van der Waals surface area contributed by atoms with E-state index in [1.54, 1.807) is 13.0 Å². The highest BCUT2D eigenvalue weighted by atomic mass is 19.4. The molecule has 3 aromatic rings. The molecular weight excluding hydrogens is 389 g/mol. The van der Waals surface area contributed by atoms with Crippen molar-refractivity contribution in [1.82, 2.24) is 4.98 Å². The normalized spacial score (nSPS) is 11.3. The van der Waals surface area contributed by atoms with Gasteiger partial charge in [-0.1, -0.05) is 12.1 Å². The highest BCUT2D eigenvalue weighted by Gasteiger charge is 2.31. The number of aromatic carboxylic acids is 1. The Hall–Kier alpha value is -3.62. The fourth-order valence-electron chi connectivity index (χ4n) is 2.74. The molecule has 0 unspecified atom stereocenters. The first-order valence-electron chi connectivity index (χ1n) is 8.48. The summed E-state index contributed by atoms with van der Waals surface area (Å²) in [6, 6.07) is 8.77. The lowest BCUT2D eigenvalue weighted by atomic mass is 10.1. The van der Waals surface area contributed by atoms with Crippen molar-refractivity contribution in [2.45, 2.75) is 13.1 Å². The summed E-state index contributed by atoms with van der Waals surface area (Å²) < 4.78 is 44.1. The van der Waals surface area contributed by atoms with Gasteiger partial charge < -0.3 is 15.2 Å². The minimum Gasteiger partial charge on any atom is -0.478 e. The monoisotopic (exact) mass is 404 g/mol. The molecular formula is C20H15F3N2O4. The van der Waals surface area contributed by atoms with Crippen molar-refractivity contribution < 1.29 is 32.6 Å². The number of fused-ring (bicyclic) bond motifs is 1. The molecule has 0 spiro atoms. The van der Waals surface area contributed by atoms with E-state index in [9.17, 15) is 22.8 Å². The predicted molar refractivity (Wildman–Crippen MR) is 99.4 cm³/mol. The van der Waals surface area contributed by atoms with Crippen LogP contribution >= 0.6 is 0 Å². The molecule has 0 saturated carbocycles. The molecule has 0 aliphatic carbocycles. The number of carboxylic acid groups (broad SMARTS) is 1. The first-order chi connectivity index (χ1) is 13.7. The van der Waals surface area contributed by atoms with Gasteiger partial charge in [0, 0.05) is 17.3 Å². The molecule has 1 aromatic heterocycles. The van der Waals surface area contributed by atoms with Gasteiger partial charge in [-0.3, -0.25) is 4.98 Å². The number of alkyl halides is 3. The molecule has 0 fully saturated rings. The first-order valence-corrected chi connectivity index (χ1v) is 8.48. The summed E-state index contributed by atoms with van der Waals surface area (Å²) in [7, 11) is 0. The lowest BCUT2D eigenvalue weighted by molar-refractivity contribution is -0.137. The van der Waals surface area contributed by atoms with Gasteiger partial charge in [-0.05, 0) is 37.3 Å². The van der Waals surface area contributed by atoms with E-state index in [0.717, 1.165) is 18.3 Å². The van der Waals surface area contributed by atoms with E-state index in [4.69, 9.17) is 9.84 Å². The van der Waals surface area contributed by atoms with Crippen molar-refractivity contribution in [1.29, 1.82) is 0 Å². The zero-order valence-corrected chi connectivity index (χ0v) is 15.1. The van der Waals surface area contributed by atoms with Crippen molar-refractivity contribution in [3.05, 3.63) is 65.4 Å². The molecule has 0 atom stereocenters. The number of pyridine rings is 1. The fourth-order valence-corrected chi connectivity index (χ4v) is 2.74. The zero-order valence-electron chi connectivity index (χ0n) is 15.1. The third-order valence-electron chi connectivity index (χ3n) is 4.07. The van der Waals surface area contributed by atoms with Gasteiger partial charge in [0.1, 0.15) is 5.56 Å². The minimum atomic E-state index is -4.54. The van der Waals surface area contributed by atoms with Crippen LogP contribution < -0.4 is 5.32 Å². The molecule has 0 aliphatic heterocycles. The Morgan fingerprint density at radius 1 is 1.17 bits per heavy atom. The molecule has 29 heavy (non-hydrogen) atoms. The Balaban J connectivity index is 2.17. The molecule has 0 amide bonds. The van der Waals surface area contributed by atoms with Gasteiger partial charge in [-0.15, -0.1) is 0 Å². The number of halogens is 3. The number of anilines is 2. The molecule has 1 heterocycles. The highest BCUT2D eigenvalue weighted by molar-refractivity contribution is 6.06. The standard InChI is InChI=1S/C20H15F3N2O4/c1-2-29-19(28)15-10-24-16-9-12(20(21,22)23)6-7-14(16)17(15)25-13-5-3-4-11(8-13)18(26)27/h3-10H,2H2,1H3,(H,24,25)(H,26,27).